The second-order valence-corrected chi connectivity index (χ2v) is 3.17. The lowest BCUT2D eigenvalue weighted by Crippen LogP contribution is -2.34. The first-order valence-electron chi connectivity index (χ1n) is 4.13. The lowest BCUT2D eigenvalue weighted by Gasteiger charge is -2.27. The highest BCUT2D eigenvalue weighted by Crippen LogP contribution is 2.24. The smallest absolute Gasteiger partial charge is 0.306 e. The summed E-state index contributed by atoms with van der Waals surface area (Å²) in [4.78, 5) is 21.1. The van der Waals surface area contributed by atoms with E-state index in [1.807, 2.05) is 0 Å². The van der Waals surface area contributed by atoms with Gasteiger partial charge in [-0.15, -0.1) is 0 Å². The van der Waals surface area contributed by atoms with Crippen LogP contribution in [0.5, 0.6) is 0 Å². The molecular weight excluding hydrogens is 176 g/mol. The maximum absolute atomic E-state index is 10.7. The van der Waals surface area contributed by atoms with Gasteiger partial charge < -0.3 is 14.9 Å². The standard InChI is InChI=1S/C8H12O5/c9-7(10)3-5-4-13-2-1-6(5)8(11)12/h5-6H,1-4H2,(H,9,10)(H,11,12)/t5-,6-/m1/s1. The van der Waals surface area contributed by atoms with Crippen molar-refractivity contribution in [3.05, 3.63) is 0 Å². The first-order valence-corrected chi connectivity index (χ1v) is 4.13. The molecule has 0 aromatic rings. The zero-order chi connectivity index (χ0) is 9.84. The summed E-state index contributed by atoms with van der Waals surface area (Å²) in [6.07, 6.45) is 0.282. The highest BCUT2D eigenvalue weighted by molar-refractivity contribution is 5.73. The summed E-state index contributed by atoms with van der Waals surface area (Å²) in [6.45, 7) is 0.649. The Balaban J connectivity index is 2.56. The van der Waals surface area contributed by atoms with E-state index in [1.165, 1.54) is 0 Å². The predicted molar refractivity (Wildman–Crippen MR) is 42.3 cm³/mol. The van der Waals surface area contributed by atoms with E-state index in [1.54, 1.807) is 0 Å². The minimum atomic E-state index is -0.971. The Hall–Kier alpha value is -1.10. The lowest BCUT2D eigenvalue weighted by molar-refractivity contribution is -0.151. The normalized spacial score (nSPS) is 28.3. The van der Waals surface area contributed by atoms with Crippen molar-refractivity contribution >= 4 is 11.9 Å². The molecule has 0 bridgehead atoms. The third kappa shape index (κ3) is 2.69. The molecular formula is C8H12O5. The lowest BCUT2D eigenvalue weighted by atomic mass is 9.86. The Morgan fingerprint density at radius 2 is 2.08 bits per heavy atom. The van der Waals surface area contributed by atoms with Crippen LogP contribution in [0.4, 0.5) is 0 Å². The number of carbonyl (C=O) groups is 2. The van der Waals surface area contributed by atoms with Gasteiger partial charge in [0.25, 0.3) is 0 Å². The van der Waals surface area contributed by atoms with Gasteiger partial charge in [-0.2, -0.15) is 0 Å². The summed E-state index contributed by atoms with van der Waals surface area (Å²) in [5, 5.41) is 17.3. The summed E-state index contributed by atoms with van der Waals surface area (Å²) >= 11 is 0. The second-order valence-electron chi connectivity index (χ2n) is 3.17. The van der Waals surface area contributed by atoms with Crippen LogP contribution in [-0.2, 0) is 14.3 Å². The van der Waals surface area contributed by atoms with Crippen LogP contribution in [0, 0.1) is 11.8 Å². The highest BCUT2D eigenvalue weighted by atomic mass is 16.5. The van der Waals surface area contributed by atoms with Gasteiger partial charge in [-0.1, -0.05) is 0 Å². The van der Waals surface area contributed by atoms with E-state index in [2.05, 4.69) is 0 Å². The third-order valence-electron chi connectivity index (χ3n) is 2.23. The monoisotopic (exact) mass is 188 g/mol. The molecule has 2 atom stereocenters. The second kappa shape index (κ2) is 4.23. The van der Waals surface area contributed by atoms with E-state index >= 15 is 0 Å². The van der Waals surface area contributed by atoms with Gasteiger partial charge in [-0.25, -0.2) is 0 Å². The summed E-state index contributed by atoms with van der Waals surface area (Å²) < 4.78 is 5.04. The van der Waals surface area contributed by atoms with Gasteiger partial charge >= 0.3 is 11.9 Å². The van der Waals surface area contributed by atoms with Crippen LogP contribution < -0.4 is 0 Å². The molecule has 0 aromatic carbocycles. The molecule has 5 heteroatoms. The van der Waals surface area contributed by atoms with Gasteiger partial charge in [0.2, 0.25) is 0 Å². The fraction of sp³-hybridized carbons (Fsp3) is 0.750. The number of hydrogen-bond acceptors (Lipinski definition) is 3. The minimum absolute atomic E-state index is 0.128. The van der Waals surface area contributed by atoms with Crippen molar-refractivity contribution in [2.45, 2.75) is 12.8 Å². The Bertz CT molecular complexity index is 213. The number of carboxylic acids is 2. The van der Waals surface area contributed by atoms with Crippen LogP contribution in [0.3, 0.4) is 0 Å². The average molecular weight is 188 g/mol. The van der Waals surface area contributed by atoms with Crippen LogP contribution in [0.1, 0.15) is 12.8 Å². The molecule has 0 spiro atoms. The van der Waals surface area contributed by atoms with Gasteiger partial charge in [-0.3, -0.25) is 9.59 Å². The summed E-state index contributed by atoms with van der Waals surface area (Å²) in [7, 11) is 0. The molecule has 0 aliphatic carbocycles. The largest absolute Gasteiger partial charge is 0.481 e. The van der Waals surface area contributed by atoms with Crippen molar-refractivity contribution in [3.63, 3.8) is 0 Å². The van der Waals surface area contributed by atoms with E-state index in [9.17, 15) is 9.59 Å². The van der Waals surface area contributed by atoms with Crippen LogP contribution in [0.15, 0.2) is 0 Å². The maximum Gasteiger partial charge on any atom is 0.306 e. The fourth-order valence-electron chi connectivity index (χ4n) is 1.55. The molecule has 74 valence electrons. The number of carboxylic acid groups (broad SMARTS) is 2. The van der Waals surface area contributed by atoms with Crippen molar-refractivity contribution in [2.24, 2.45) is 11.8 Å². The fourth-order valence-corrected chi connectivity index (χ4v) is 1.55. The highest BCUT2D eigenvalue weighted by Gasteiger charge is 2.32. The summed E-state index contributed by atoms with van der Waals surface area (Å²) in [5.74, 6) is -2.84. The molecule has 1 heterocycles. The van der Waals surface area contributed by atoms with Crippen molar-refractivity contribution in [1.82, 2.24) is 0 Å². The molecule has 1 aliphatic heterocycles. The Labute approximate surface area is 75.3 Å². The number of aliphatic carboxylic acids is 2. The summed E-state index contributed by atoms with van der Waals surface area (Å²) in [6, 6.07) is 0. The van der Waals surface area contributed by atoms with Crippen molar-refractivity contribution in [1.29, 1.82) is 0 Å². The predicted octanol–water partition coefficient (Wildman–Crippen LogP) is 0.198. The third-order valence-corrected chi connectivity index (χ3v) is 2.23. The Morgan fingerprint density at radius 3 is 2.62 bits per heavy atom. The molecule has 1 aliphatic rings. The average Bonchev–Trinajstić information content (AvgIpc) is 2.03. The van der Waals surface area contributed by atoms with Gasteiger partial charge in [-0.05, 0) is 6.42 Å². The molecule has 1 saturated heterocycles. The first-order chi connectivity index (χ1) is 6.11. The van der Waals surface area contributed by atoms with Gasteiger partial charge in [0.1, 0.15) is 0 Å². The van der Waals surface area contributed by atoms with Gasteiger partial charge in [0.15, 0.2) is 0 Å². The molecule has 0 aromatic heterocycles. The van der Waals surface area contributed by atoms with Crippen LogP contribution in [0.2, 0.25) is 0 Å². The SMILES string of the molecule is O=C(O)C[C@@H]1COCC[C@H]1C(=O)O. The number of ether oxygens (including phenoxy) is 1. The zero-order valence-electron chi connectivity index (χ0n) is 7.10. The molecule has 0 saturated carbocycles. The van der Waals surface area contributed by atoms with Crippen molar-refractivity contribution < 1.29 is 24.5 Å². The molecule has 0 amide bonds. The zero-order valence-corrected chi connectivity index (χ0v) is 7.10. The topological polar surface area (TPSA) is 83.8 Å². The number of hydrogen-bond donors (Lipinski definition) is 2. The Morgan fingerprint density at radius 1 is 1.38 bits per heavy atom. The van der Waals surface area contributed by atoms with E-state index in [0.29, 0.717) is 13.0 Å². The van der Waals surface area contributed by atoms with Gasteiger partial charge in [0.05, 0.1) is 18.9 Å². The van der Waals surface area contributed by atoms with E-state index in [-0.39, 0.29) is 18.9 Å². The van der Waals surface area contributed by atoms with Crippen molar-refractivity contribution in [2.75, 3.05) is 13.2 Å². The summed E-state index contributed by atoms with van der Waals surface area (Å²) in [5.41, 5.74) is 0. The van der Waals surface area contributed by atoms with Gasteiger partial charge in [0, 0.05) is 12.5 Å². The first kappa shape index (κ1) is 9.98. The van der Waals surface area contributed by atoms with E-state index in [0.717, 1.165) is 0 Å². The Kier molecular flexibility index (Phi) is 3.25. The maximum atomic E-state index is 10.7. The molecule has 13 heavy (non-hydrogen) atoms. The number of rotatable bonds is 3. The van der Waals surface area contributed by atoms with E-state index < -0.39 is 17.9 Å². The van der Waals surface area contributed by atoms with Crippen LogP contribution >= 0.6 is 0 Å². The molecule has 5 nitrogen and oxygen atoms in total. The molecule has 0 unspecified atom stereocenters. The minimum Gasteiger partial charge on any atom is -0.481 e. The van der Waals surface area contributed by atoms with Crippen molar-refractivity contribution in [3.8, 4) is 0 Å². The van der Waals surface area contributed by atoms with Crippen LogP contribution in [-0.4, -0.2) is 35.4 Å². The molecule has 0 radical (unpaired) electrons. The van der Waals surface area contributed by atoms with Crippen LogP contribution in [0.25, 0.3) is 0 Å². The molecule has 1 rings (SSSR count). The quantitative estimate of drug-likeness (QED) is 0.660. The van der Waals surface area contributed by atoms with E-state index in [4.69, 9.17) is 14.9 Å². The molecule has 1 fully saturated rings. The molecule has 2 N–H and O–H groups in total.